The molecule has 1 aromatic carbocycles. The van der Waals surface area contributed by atoms with Gasteiger partial charge >= 0.3 is 0 Å². The third-order valence-electron chi connectivity index (χ3n) is 2.82. The lowest BCUT2D eigenvalue weighted by molar-refractivity contribution is 0.642. The third-order valence-corrected chi connectivity index (χ3v) is 4.59. The van der Waals surface area contributed by atoms with Crippen molar-refractivity contribution in [1.82, 2.24) is 0 Å². The van der Waals surface area contributed by atoms with Crippen molar-refractivity contribution in [2.45, 2.75) is 32.2 Å². The van der Waals surface area contributed by atoms with E-state index >= 15 is 0 Å². The molecule has 2 rings (SSSR count). The Balaban J connectivity index is 2.05. The maximum absolute atomic E-state index is 6.17. The lowest BCUT2D eigenvalue weighted by Gasteiger charge is -2.16. The highest BCUT2D eigenvalue weighted by Crippen LogP contribution is 2.38. The smallest absolute Gasteiger partial charge is 0.0835 e. The molecule has 0 aliphatic heterocycles. The second-order valence-corrected chi connectivity index (χ2v) is 6.06. The van der Waals surface area contributed by atoms with Gasteiger partial charge in [0.1, 0.15) is 0 Å². The zero-order chi connectivity index (χ0) is 11.7. The zero-order valence-corrected chi connectivity index (χ0v) is 12.2. The molecule has 1 nitrogen and oxygen atoms in total. The highest BCUT2D eigenvalue weighted by Gasteiger charge is 2.23. The van der Waals surface area contributed by atoms with E-state index in [1.54, 1.807) is 0 Å². The van der Waals surface area contributed by atoms with E-state index in [1.165, 1.54) is 19.3 Å². The van der Waals surface area contributed by atoms with Crippen LogP contribution in [-0.2, 0) is 0 Å². The normalized spacial score (nSPS) is 17.2. The first kappa shape index (κ1) is 12.5. The van der Waals surface area contributed by atoms with Gasteiger partial charge in [-0.3, -0.25) is 0 Å². The van der Waals surface area contributed by atoms with Gasteiger partial charge in [-0.1, -0.05) is 36.0 Å². The van der Waals surface area contributed by atoms with Gasteiger partial charge in [0.2, 0.25) is 0 Å². The molecule has 1 aromatic rings. The maximum Gasteiger partial charge on any atom is 0.0835 e. The molecule has 88 valence electrons. The topological polar surface area (TPSA) is 12.0 Å². The summed E-state index contributed by atoms with van der Waals surface area (Å²) in [6.45, 7) is 2.19. The van der Waals surface area contributed by atoms with Crippen molar-refractivity contribution in [3.63, 3.8) is 0 Å². The lowest BCUT2D eigenvalue weighted by atomic mass is 10.1. The Morgan fingerprint density at radius 3 is 2.69 bits per heavy atom. The van der Waals surface area contributed by atoms with Gasteiger partial charge in [0.25, 0.3) is 0 Å². The van der Waals surface area contributed by atoms with E-state index in [4.69, 9.17) is 23.2 Å². The van der Waals surface area contributed by atoms with Crippen LogP contribution < -0.4 is 5.32 Å². The Hall–Kier alpha value is 0.0800. The Kier molecular flexibility index (Phi) is 4.04. The summed E-state index contributed by atoms with van der Waals surface area (Å²) in [7, 11) is 0. The highest BCUT2D eigenvalue weighted by atomic mass is 79.9. The van der Waals surface area contributed by atoms with Gasteiger partial charge in [0.05, 0.1) is 15.7 Å². The first-order chi connectivity index (χ1) is 7.58. The first-order valence-electron chi connectivity index (χ1n) is 5.48. The van der Waals surface area contributed by atoms with E-state index in [0.29, 0.717) is 16.1 Å². The van der Waals surface area contributed by atoms with Gasteiger partial charge in [-0.05, 0) is 47.3 Å². The van der Waals surface area contributed by atoms with Gasteiger partial charge in [-0.2, -0.15) is 0 Å². The molecule has 1 aliphatic rings. The quantitative estimate of drug-likeness (QED) is 0.736. The number of benzene rings is 1. The molecule has 1 N–H and O–H groups in total. The van der Waals surface area contributed by atoms with Crippen molar-refractivity contribution in [2.24, 2.45) is 5.92 Å². The standard InChI is InChI=1S/C12H14BrCl2N/c1-7(6-8-2-3-8)16-10-5-4-9(13)11(14)12(10)15/h4-5,7-8,16H,2-3,6H2,1H3. The van der Waals surface area contributed by atoms with Gasteiger partial charge in [0, 0.05) is 10.5 Å². The number of rotatable bonds is 4. The SMILES string of the molecule is CC(CC1CC1)Nc1ccc(Br)c(Cl)c1Cl. The molecule has 0 aromatic heterocycles. The molecule has 1 fully saturated rings. The average Bonchev–Trinajstić information content (AvgIpc) is 3.03. The Bertz CT molecular complexity index is 391. The third kappa shape index (κ3) is 3.06. The van der Waals surface area contributed by atoms with E-state index < -0.39 is 0 Å². The minimum absolute atomic E-state index is 0.447. The van der Waals surface area contributed by atoms with E-state index in [2.05, 4.69) is 28.2 Å². The number of anilines is 1. The fourth-order valence-corrected chi connectivity index (χ4v) is 2.64. The Morgan fingerprint density at radius 2 is 2.06 bits per heavy atom. The van der Waals surface area contributed by atoms with Crippen LogP contribution in [0.2, 0.25) is 10.0 Å². The Morgan fingerprint density at radius 1 is 1.38 bits per heavy atom. The molecule has 0 spiro atoms. The molecule has 1 aliphatic carbocycles. The van der Waals surface area contributed by atoms with Crippen molar-refractivity contribution < 1.29 is 0 Å². The summed E-state index contributed by atoms with van der Waals surface area (Å²) in [5.41, 5.74) is 0.919. The van der Waals surface area contributed by atoms with Crippen molar-refractivity contribution in [2.75, 3.05) is 5.32 Å². The fourth-order valence-electron chi connectivity index (χ4n) is 1.82. The summed E-state index contributed by atoms with van der Waals surface area (Å²) in [4.78, 5) is 0. The molecule has 0 amide bonds. The van der Waals surface area contributed by atoms with Gasteiger partial charge in [0.15, 0.2) is 0 Å². The molecule has 0 saturated heterocycles. The van der Waals surface area contributed by atoms with Crippen LogP contribution in [0.25, 0.3) is 0 Å². The summed E-state index contributed by atoms with van der Waals surface area (Å²) in [6.07, 6.45) is 3.96. The van der Waals surface area contributed by atoms with Crippen LogP contribution in [0.4, 0.5) is 5.69 Å². The lowest BCUT2D eigenvalue weighted by Crippen LogP contribution is -2.16. The predicted molar refractivity (Wildman–Crippen MR) is 74.6 cm³/mol. The molecule has 4 heteroatoms. The van der Waals surface area contributed by atoms with Crippen molar-refractivity contribution in [3.8, 4) is 0 Å². The van der Waals surface area contributed by atoms with Crippen LogP contribution in [-0.4, -0.2) is 6.04 Å². The number of nitrogens with one attached hydrogen (secondary N) is 1. The molecule has 0 bridgehead atoms. The average molecular weight is 323 g/mol. The van der Waals surface area contributed by atoms with Crippen LogP contribution in [0.3, 0.4) is 0 Å². The van der Waals surface area contributed by atoms with Crippen LogP contribution >= 0.6 is 39.1 Å². The summed E-state index contributed by atoms with van der Waals surface area (Å²) >= 11 is 15.6. The minimum Gasteiger partial charge on any atom is -0.381 e. The Labute approximate surface area is 115 Å². The fraction of sp³-hybridized carbons (Fsp3) is 0.500. The molecular weight excluding hydrogens is 309 g/mol. The molecule has 16 heavy (non-hydrogen) atoms. The van der Waals surface area contributed by atoms with Crippen molar-refractivity contribution in [1.29, 1.82) is 0 Å². The molecular formula is C12H14BrCl2N. The molecule has 1 saturated carbocycles. The summed E-state index contributed by atoms with van der Waals surface area (Å²) in [6, 6.07) is 4.32. The van der Waals surface area contributed by atoms with E-state index in [1.807, 2.05) is 12.1 Å². The largest absolute Gasteiger partial charge is 0.381 e. The van der Waals surface area contributed by atoms with Gasteiger partial charge in [-0.15, -0.1) is 0 Å². The van der Waals surface area contributed by atoms with Crippen LogP contribution in [0, 0.1) is 5.92 Å². The highest BCUT2D eigenvalue weighted by molar-refractivity contribution is 9.10. The van der Waals surface area contributed by atoms with Crippen molar-refractivity contribution in [3.05, 3.63) is 26.7 Å². The summed E-state index contributed by atoms with van der Waals surface area (Å²) in [5.74, 6) is 0.909. The van der Waals surface area contributed by atoms with E-state index in [-0.39, 0.29) is 0 Å². The maximum atomic E-state index is 6.17. The summed E-state index contributed by atoms with van der Waals surface area (Å²) < 4.78 is 0.833. The zero-order valence-electron chi connectivity index (χ0n) is 9.06. The minimum atomic E-state index is 0.447. The van der Waals surface area contributed by atoms with Crippen LogP contribution in [0.15, 0.2) is 16.6 Å². The second kappa shape index (κ2) is 5.16. The molecule has 1 unspecified atom stereocenters. The number of halogens is 3. The van der Waals surface area contributed by atoms with Gasteiger partial charge < -0.3 is 5.32 Å². The first-order valence-corrected chi connectivity index (χ1v) is 7.03. The van der Waals surface area contributed by atoms with E-state index in [9.17, 15) is 0 Å². The monoisotopic (exact) mass is 321 g/mol. The van der Waals surface area contributed by atoms with Gasteiger partial charge in [-0.25, -0.2) is 0 Å². The van der Waals surface area contributed by atoms with E-state index in [0.717, 1.165) is 16.1 Å². The summed E-state index contributed by atoms with van der Waals surface area (Å²) in [5, 5.41) is 4.58. The van der Waals surface area contributed by atoms with Crippen LogP contribution in [0.1, 0.15) is 26.2 Å². The number of hydrogen-bond donors (Lipinski definition) is 1. The molecule has 1 atom stereocenters. The van der Waals surface area contributed by atoms with Crippen LogP contribution in [0.5, 0.6) is 0 Å². The van der Waals surface area contributed by atoms with Crippen molar-refractivity contribution >= 4 is 44.8 Å². The molecule has 0 heterocycles. The second-order valence-electron chi connectivity index (χ2n) is 4.45. The molecule has 0 radical (unpaired) electrons. The number of hydrogen-bond acceptors (Lipinski definition) is 1. The predicted octanol–water partition coefficient (Wildman–Crippen LogP) is 5.36.